The largest absolute Gasteiger partial charge is 3.00 e. The molecule has 0 aromatic heterocycles. The van der Waals surface area contributed by atoms with E-state index in [0.29, 0.717) is 0 Å². The van der Waals surface area contributed by atoms with Gasteiger partial charge in [0.25, 0.3) is 0 Å². The molecular weight excluding hydrogens is 716 g/mol. The van der Waals surface area contributed by atoms with E-state index in [1.54, 1.807) is 0 Å². The SMILES string of the molecule is O=P([O-])([O-])[O-].O=P([O-])([O-])[O-].O=P([O-])([O-])[O-].[Au+3].[K+].[K+].[K+].[K+].[K+].[K+]. The van der Waals surface area contributed by atoms with Gasteiger partial charge in [0.1, 0.15) is 0 Å². The number of hydrogen-bond acceptors (Lipinski definition) is 12. The van der Waals surface area contributed by atoms with Crippen molar-refractivity contribution >= 4 is 23.5 Å². The summed E-state index contributed by atoms with van der Waals surface area (Å²) in [4.78, 5) is 76.9. The van der Waals surface area contributed by atoms with Crippen LogP contribution in [0, 0.1) is 0 Å². The predicted octanol–water partition coefficient (Wildman–Crippen LogP) is -26.5. The molecule has 0 aromatic rings. The fourth-order valence-electron chi connectivity index (χ4n) is 0. The van der Waals surface area contributed by atoms with Crippen molar-refractivity contribution in [2.45, 2.75) is 0 Å². The zero-order valence-electron chi connectivity index (χ0n) is 12.5. The summed E-state index contributed by atoms with van der Waals surface area (Å²) < 4.78 is 25.6. The summed E-state index contributed by atoms with van der Waals surface area (Å²) in [6.45, 7) is 0. The molecule has 0 spiro atoms. The molecule has 0 aliphatic carbocycles. The van der Waals surface area contributed by atoms with Crippen molar-refractivity contribution in [1.82, 2.24) is 0 Å². The van der Waals surface area contributed by atoms with E-state index < -0.39 is 23.5 Å². The number of phosphoric acid groups is 3. The first kappa shape index (κ1) is 63.8. The molecule has 0 unspecified atom stereocenters. The zero-order valence-corrected chi connectivity index (χ0v) is 36.1. The standard InChI is InChI=1S/Au.6K.3H3O4P/c;;;;;;;3*1-5(2,3)4/h;;;;;;;3*(H3,1,2,3,4)/q+3;6*+1;;;/p-9. The van der Waals surface area contributed by atoms with Crippen LogP contribution in [0.5, 0.6) is 0 Å². The minimum absolute atomic E-state index is 0. The van der Waals surface area contributed by atoms with Crippen molar-refractivity contribution < 1.29 is 388 Å². The summed E-state index contributed by atoms with van der Waals surface area (Å²) in [6.07, 6.45) is 0. The van der Waals surface area contributed by atoms with E-state index in [2.05, 4.69) is 0 Å². The normalized spacial score (nSPS) is 8.05. The van der Waals surface area contributed by atoms with Gasteiger partial charge in [-0.1, -0.05) is 0 Å². The van der Waals surface area contributed by atoms with Crippen LogP contribution in [0.2, 0.25) is 0 Å². The van der Waals surface area contributed by atoms with Gasteiger partial charge >= 0.3 is 331 Å². The molecule has 0 aliphatic heterocycles. The van der Waals surface area contributed by atoms with Gasteiger partial charge < -0.3 is 57.7 Å². The topological polar surface area (TPSA) is 259 Å². The Hall–Kier alpha value is 10.9. The Morgan fingerprint density at radius 2 is 0.364 bits per heavy atom. The zero-order chi connectivity index (χ0) is 13.5. The molecule has 12 nitrogen and oxygen atoms in total. The van der Waals surface area contributed by atoms with Crippen molar-refractivity contribution in [2.75, 3.05) is 0 Å². The Labute approximate surface area is 397 Å². The average Bonchev–Trinajstić information content (AvgIpc) is 1.41. The van der Waals surface area contributed by atoms with Crippen molar-refractivity contribution in [3.63, 3.8) is 0 Å². The van der Waals surface area contributed by atoms with Crippen molar-refractivity contribution in [1.29, 1.82) is 0 Å². The second-order valence-corrected chi connectivity index (χ2v) is 4.02. The Morgan fingerprint density at radius 1 is 0.364 bits per heavy atom. The van der Waals surface area contributed by atoms with Gasteiger partial charge in [-0.3, -0.25) is 0 Å². The van der Waals surface area contributed by atoms with Gasteiger partial charge in [-0.05, 0) is 0 Å². The third-order valence-electron chi connectivity index (χ3n) is 0. The van der Waals surface area contributed by atoms with Gasteiger partial charge in [0.05, 0.1) is 0 Å². The van der Waals surface area contributed by atoms with Crippen molar-refractivity contribution in [3.05, 3.63) is 0 Å². The van der Waals surface area contributed by atoms with Crippen molar-refractivity contribution in [3.8, 4) is 0 Å². The van der Waals surface area contributed by atoms with Crippen LogP contribution in [0.3, 0.4) is 0 Å². The second kappa shape index (κ2) is 36.5. The van der Waals surface area contributed by atoms with Gasteiger partial charge in [0.15, 0.2) is 0 Å². The van der Waals surface area contributed by atoms with E-state index in [0.717, 1.165) is 0 Å². The van der Waals surface area contributed by atoms with Crippen LogP contribution in [-0.2, 0) is 36.1 Å². The number of rotatable bonds is 0. The quantitative estimate of drug-likeness (QED) is 0.167. The van der Waals surface area contributed by atoms with E-state index in [9.17, 15) is 0 Å². The molecule has 0 N–H and O–H groups in total. The molecule has 22 heteroatoms. The average molecular weight is 716 g/mol. The maximum Gasteiger partial charge on any atom is 3.00 e. The summed E-state index contributed by atoms with van der Waals surface area (Å²) in [7, 11) is -16.2. The third-order valence-corrected chi connectivity index (χ3v) is 0. The summed E-state index contributed by atoms with van der Waals surface area (Å²) in [5.41, 5.74) is 0. The molecule has 0 radical (unpaired) electrons. The monoisotopic (exact) mass is 716 g/mol. The van der Waals surface area contributed by atoms with Crippen LogP contribution in [0.4, 0.5) is 0 Å². The molecule has 0 saturated carbocycles. The molecule has 0 bridgehead atoms. The molecule has 0 fully saturated rings. The Kier molecular flexibility index (Phi) is 106. The molecule has 22 heavy (non-hydrogen) atoms. The third kappa shape index (κ3) is 233. The predicted molar refractivity (Wildman–Crippen MR) is 22.8 cm³/mol. The van der Waals surface area contributed by atoms with Gasteiger partial charge in [0, 0.05) is 0 Å². The van der Waals surface area contributed by atoms with Crippen LogP contribution in [0.1, 0.15) is 0 Å². The van der Waals surface area contributed by atoms with Gasteiger partial charge in [0.2, 0.25) is 0 Å². The van der Waals surface area contributed by atoms with Crippen LogP contribution < -0.4 is 352 Å². The smallest absolute Gasteiger partial charge is 0.822 e. The minimum atomic E-state index is -5.39. The van der Waals surface area contributed by atoms with Crippen LogP contribution in [-0.4, -0.2) is 0 Å². The van der Waals surface area contributed by atoms with E-state index >= 15 is 0 Å². The molecule has 0 aliphatic rings. The summed E-state index contributed by atoms with van der Waals surface area (Å²) in [5.74, 6) is 0. The Morgan fingerprint density at radius 3 is 0.364 bits per heavy atom. The molecule has 0 saturated heterocycles. The number of hydrogen-bond donors (Lipinski definition) is 0. The summed E-state index contributed by atoms with van der Waals surface area (Å²) >= 11 is 0. The molecule has 0 atom stereocenters. The van der Waals surface area contributed by atoms with Gasteiger partial charge in [-0.15, -0.1) is 0 Å². The first-order valence-electron chi connectivity index (χ1n) is 2.19. The van der Waals surface area contributed by atoms with E-state index in [-0.39, 0.29) is 331 Å². The molecule has 0 rings (SSSR count). The molecule has 0 heterocycles. The molecule has 0 amide bonds. The Bertz CT molecular complexity index is 221. The Balaban J connectivity index is -0.0000000106. The first-order valence-corrected chi connectivity index (χ1v) is 6.57. The van der Waals surface area contributed by atoms with E-state index in [1.165, 1.54) is 0 Å². The minimum Gasteiger partial charge on any atom is -0.822 e. The van der Waals surface area contributed by atoms with Gasteiger partial charge in [-0.25, -0.2) is 0 Å². The van der Waals surface area contributed by atoms with Crippen LogP contribution >= 0.6 is 23.5 Å². The first-order chi connectivity index (χ1) is 6.00. The van der Waals surface area contributed by atoms with E-state index in [1.807, 2.05) is 0 Å². The molecule has 104 valence electrons. The summed E-state index contributed by atoms with van der Waals surface area (Å²) in [6, 6.07) is 0. The molecule has 0 aromatic carbocycles. The summed E-state index contributed by atoms with van der Waals surface area (Å²) in [5, 5.41) is 0. The fraction of sp³-hybridized carbons (Fsp3) is 0. The second-order valence-electron chi connectivity index (χ2n) is 1.34. The fourth-order valence-corrected chi connectivity index (χ4v) is 0. The van der Waals surface area contributed by atoms with Crippen molar-refractivity contribution in [2.24, 2.45) is 0 Å². The van der Waals surface area contributed by atoms with Crippen LogP contribution in [0.15, 0.2) is 0 Å². The van der Waals surface area contributed by atoms with E-state index in [4.69, 9.17) is 57.7 Å². The van der Waals surface area contributed by atoms with Crippen LogP contribution in [0.25, 0.3) is 0 Å². The maximum atomic E-state index is 8.55. The van der Waals surface area contributed by atoms with Gasteiger partial charge in [-0.2, -0.15) is 23.5 Å². The maximum absolute atomic E-state index is 8.55. The molecular formula is AuK6O12P3.